The lowest BCUT2D eigenvalue weighted by atomic mass is 9.90. The van der Waals surface area contributed by atoms with E-state index in [1.54, 1.807) is 36.4 Å². The van der Waals surface area contributed by atoms with Gasteiger partial charge in [0.05, 0.1) is 6.04 Å². The summed E-state index contributed by atoms with van der Waals surface area (Å²) < 4.78 is 0. The molecule has 6 nitrogen and oxygen atoms in total. The van der Waals surface area contributed by atoms with E-state index in [1.165, 1.54) is 0 Å². The molecule has 0 heterocycles. The van der Waals surface area contributed by atoms with Crippen LogP contribution in [0.4, 0.5) is 0 Å². The number of carbonyl (C=O) groups is 3. The average molecular weight is 454 g/mol. The van der Waals surface area contributed by atoms with Gasteiger partial charge in [-0.15, -0.1) is 0 Å². The van der Waals surface area contributed by atoms with E-state index >= 15 is 0 Å². The van der Waals surface area contributed by atoms with Crippen molar-refractivity contribution >= 4 is 17.7 Å². The molecular formula is C28H27N3O3. The maximum Gasteiger partial charge on any atom is 0.251 e. The van der Waals surface area contributed by atoms with Crippen LogP contribution in [0.1, 0.15) is 43.9 Å². The molecule has 4 rings (SSSR count). The molecule has 34 heavy (non-hydrogen) atoms. The van der Waals surface area contributed by atoms with Crippen LogP contribution in [0.5, 0.6) is 0 Å². The predicted molar refractivity (Wildman–Crippen MR) is 131 cm³/mol. The van der Waals surface area contributed by atoms with Gasteiger partial charge in [0.1, 0.15) is 0 Å². The second-order valence-corrected chi connectivity index (χ2v) is 8.21. The van der Waals surface area contributed by atoms with E-state index in [0.29, 0.717) is 29.5 Å². The zero-order valence-electron chi connectivity index (χ0n) is 18.7. The third-order valence-corrected chi connectivity index (χ3v) is 5.81. The molecule has 6 heteroatoms. The van der Waals surface area contributed by atoms with Crippen LogP contribution in [0.3, 0.4) is 0 Å². The zero-order valence-corrected chi connectivity index (χ0v) is 18.7. The van der Waals surface area contributed by atoms with Crippen LogP contribution < -0.4 is 16.0 Å². The largest absolute Gasteiger partial charge is 0.348 e. The minimum Gasteiger partial charge on any atom is -0.348 e. The first kappa shape index (κ1) is 23.0. The second kappa shape index (κ2) is 11.1. The van der Waals surface area contributed by atoms with Gasteiger partial charge >= 0.3 is 0 Å². The summed E-state index contributed by atoms with van der Waals surface area (Å²) >= 11 is 0. The SMILES string of the molecule is O=C(NCC1=C[C@@H](NC(=O)c2ccccc2)CC[C@H]1NC(=O)c1ccccc1)c1ccccc1. The summed E-state index contributed by atoms with van der Waals surface area (Å²) in [4.78, 5) is 38.0. The molecule has 172 valence electrons. The summed E-state index contributed by atoms with van der Waals surface area (Å²) in [6.07, 6.45) is 3.27. The highest BCUT2D eigenvalue weighted by molar-refractivity contribution is 5.96. The van der Waals surface area contributed by atoms with Gasteiger partial charge in [0.25, 0.3) is 17.7 Å². The Bertz CT molecular complexity index is 1160. The van der Waals surface area contributed by atoms with Crippen molar-refractivity contribution in [1.29, 1.82) is 0 Å². The molecule has 1 aliphatic carbocycles. The van der Waals surface area contributed by atoms with E-state index in [-0.39, 0.29) is 36.3 Å². The molecule has 1 aliphatic rings. The zero-order chi connectivity index (χ0) is 23.8. The highest BCUT2D eigenvalue weighted by atomic mass is 16.2. The van der Waals surface area contributed by atoms with E-state index in [2.05, 4.69) is 16.0 Å². The van der Waals surface area contributed by atoms with Crippen LogP contribution >= 0.6 is 0 Å². The van der Waals surface area contributed by atoms with Crippen LogP contribution in [0.15, 0.2) is 103 Å². The molecule has 2 atom stereocenters. The highest BCUT2D eigenvalue weighted by Crippen LogP contribution is 2.20. The minimum absolute atomic E-state index is 0.152. The van der Waals surface area contributed by atoms with E-state index in [1.807, 2.05) is 60.7 Å². The summed E-state index contributed by atoms with van der Waals surface area (Å²) in [6.45, 7) is 0.269. The van der Waals surface area contributed by atoms with Gasteiger partial charge in [-0.2, -0.15) is 0 Å². The van der Waals surface area contributed by atoms with Gasteiger partial charge in [-0.3, -0.25) is 14.4 Å². The first-order valence-corrected chi connectivity index (χ1v) is 11.4. The predicted octanol–water partition coefficient (Wildman–Crippen LogP) is 3.73. The van der Waals surface area contributed by atoms with Crippen molar-refractivity contribution in [2.24, 2.45) is 0 Å². The average Bonchev–Trinajstić information content (AvgIpc) is 2.90. The molecule has 0 saturated carbocycles. The molecule has 3 aromatic rings. The summed E-state index contributed by atoms with van der Waals surface area (Å²) in [5.41, 5.74) is 2.60. The van der Waals surface area contributed by atoms with E-state index in [4.69, 9.17) is 0 Å². The van der Waals surface area contributed by atoms with E-state index in [0.717, 1.165) is 5.57 Å². The monoisotopic (exact) mass is 453 g/mol. The van der Waals surface area contributed by atoms with Crippen LogP contribution in [0.2, 0.25) is 0 Å². The van der Waals surface area contributed by atoms with Crippen molar-refractivity contribution in [3.8, 4) is 0 Å². The summed E-state index contributed by atoms with van der Waals surface area (Å²) in [5.74, 6) is -0.510. The Kier molecular flexibility index (Phi) is 7.50. The fourth-order valence-electron chi connectivity index (χ4n) is 4.00. The maximum atomic E-state index is 12.8. The smallest absolute Gasteiger partial charge is 0.251 e. The van der Waals surface area contributed by atoms with Crippen LogP contribution in [0.25, 0.3) is 0 Å². The van der Waals surface area contributed by atoms with Gasteiger partial charge in [0.2, 0.25) is 0 Å². The molecule has 0 aromatic heterocycles. The lowest BCUT2D eigenvalue weighted by molar-refractivity contribution is 0.0917. The molecule has 3 amide bonds. The van der Waals surface area contributed by atoms with Crippen LogP contribution in [0, 0.1) is 0 Å². The van der Waals surface area contributed by atoms with Crippen molar-refractivity contribution in [2.45, 2.75) is 24.9 Å². The summed E-state index contributed by atoms with van der Waals surface area (Å²) in [7, 11) is 0. The van der Waals surface area contributed by atoms with Gasteiger partial charge in [-0.25, -0.2) is 0 Å². The van der Waals surface area contributed by atoms with Crippen molar-refractivity contribution in [2.75, 3.05) is 6.54 Å². The summed E-state index contributed by atoms with van der Waals surface area (Å²) in [5, 5.41) is 9.08. The number of nitrogens with one attached hydrogen (secondary N) is 3. The van der Waals surface area contributed by atoms with E-state index in [9.17, 15) is 14.4 Å². The molecule has 0 fully saturated rings. The van der Waals surface area contributed by atoms with Crippen LogP contribution in [-0.2, 0) is 0 Å². The van der Waals surface area contributed by atoms with Gasteiger partial charge in [0, 0.05) is 29.3 Å². The van der Waals surface area contributed by atoms with Gasteiger partial charge in [0.15, 0.2) is 0 Å². The van der Waals surface area contributed by atoms with Crippen molar-refractivity contribution in [3.05, 3.63) is 119 Å². The fourth-order valence-corrected chi connectivity index (χ4v) is 4.00. The molecule has 0 unspecified atom stereocenters. The molecule has 0 bridgehead atoms. The number of benzene rings is 3. The topological polar surface area (TPSA) is 87.3 Å². The lowest BCUT2D eigenvalue weighted by Gasteiger charge is -2.30. The third-order valence-electron chi connectivity index (χ3n) is 5.81. The van der Waals surface area contributed by atoms with Crippen molar-refractivity contribution in [1.82, 2.24) is 16.0 Å². The Labute approximate surface area is 199 Å². The molecule has 0 saturated heterocycles. The summed E-state index contributed by atoms with van der Waals surface area (Å²) in [6, 6.07) is 26.6. The number of carbonyl (C=O) groups excluding carboxylic acids is 3. The first-order valence-electron chi connectivity index (χ1n) is 11.4. The Hall–Kier alpha value is -4.19. The Morgan fingerprint density at radius 3 is 1.62 bits per heavy atom. The standard InChI is InChI=1S/C28H27N3O3/c32-26(20-10-4-1-5-11-20)29-19-23-18-24(30-27(33)21-12-6-2-7-13-21)16-17-25(23)31-28(34)22-14-8-3-9-15-22/h1-15,18,24-25H,16-17,19H2,(H,29,32)(H,30,33)(H,31,34)/t24-,25+/m0/s1. The van der Waals surface area contributed by atoms with Crippen LogP contribution in [-0.4, -0.2) is 36.3 Å². The number of hydrogen-bond donors (Lipinski definition) is 3. The quantitative estimate of drug-likeness (QED) is 0.477. The molecule has 0 aliphatic heterocycles. The van der Waals surface area contributed by atoms with Crippen molar-refractivity contribution < 1.29 is 14.4 Å². The van der Waals surface area contributed by atoms with Gasteiger partial charge < -0.3 is 16.0 Å². The number of amides is 3. The Morgan fingerprint density at radius 1 is 0.618 bits per heavy atom. The normalized spacial score (nSPS) is 17.2. The maximum absolute atomic E-state index is 12.8. The van der Waals surface area contributed by atoms with Crippen molar-refractivity contribution in [3.63, 3.8) is 0 Å². The Balaban J connectivity index is 1.48. The molecule has 3 N–H and O–H groups in total. The number of rotatable bonds is 7. The molecule has 3 aromatic carbocycles. The van der Waals surface area contributed by atoms with Gasteiger partial charge in [-0.1, -0.05) is 60.7 Å². The third kappa shape index (κ3) is 5.98. The second-order valence-electron chi connectivity index (χ2n) is 8.21. The number of hydrogen-bond acceptors (Lipinski definition) is 3. The first-order chi connectivity index (χ1) is 16.6. The van der Waals surface area contributed by atoms with Gasteiger partial charge in [-0.05, 0) is 54.8 Å². The fraction of sp³-hybridized carbons (Fsp3) is 0.179. The molecule has 0 radical (unpaired) electrons. The highest BCUT2D eigenvalue weighted by Gasteiger charge is 2.26. The molecule has 0 spiro atoms. The molecular weight excluding hydrogens is 426 g/mol. The minimum atomic E-state index is -0.242. The lowest BCUT2D eigenvalue weighted by Crippen LogP contribution is -2.45. The Morgan fingerprint density at radius 2 is 1.09 bits per heavy atom. The van der Waals surface area contributed by atoms with E-state index < -0.39 is 0 Å².